The summed E-state index contributed by atoms with van der Waals surface area (Å²) in [5.41, 5.74) is 1.77. The van der Waals surface area contributed by atoms with Crippen LogP contribution in [0.25, 0.3) is 0 Å². The maximum atomic E-state index is 8.51. The molecule has 1 rings (SSSR count). The minimum atomic E-state index is 0.389. The fourth-order valence-electron chi connectivity index (χ4n) is 1.28. The van der Waals surface area contributed by atoms with Crippen molar-refractivity contribution >= 4 is 11.6 Å². The maximum absolute atomic E-state index is 8.51. The number of rotatable bonds is 3. The number of aryl methyl sites for hydroxylation is 2. The summed E-state index contributed by atoms with van der Waals surface area (Å²) in [4.78, 5) is 1.89. The Morgan fingerprint density at radius 2 is 2.29 bits per heavy atom. The van der Waals surface area contributed by atoms with Gasteiger partial charge in [-0.15, -0.1) is 0 Å². The number of nitriles is 1. The van der Waals surface area contributed by atoms with Gasteiger partial charge in [-0.2, -0.15) is 10.4 Å². The average molecular weight is 213 g/mol. The molecule has 0 unspecified atom stereocenters. The van der Waals surface area contributed by atoms with E-state index in [0.29, 0.717) is 18.1 Å². The van der Waals surface area contributed by atoms with Gasteiger partial charge >= 0.3 is 0 Å². The lowest BCUT2D eigenvalue weighted by Gasteiger charge is -2.12. The van der Waals surface area contributed by atoms with Gasteiger partial charge in [-0.3, -0.25) is 9.58 Å². The third-order valence-electron chi connectivity index (χ3n) is 2.02. The number of hydrogen-bond donors (Lipinski definition) is 0. The summed E-state index contributed by atoms with van der Waals surface area (Å²) in [5, 5.41) is 13.4. The van der Waals surface area contributed by atoms with Gasteiger partial charge in [-0.1, -0.05) is 11.6 Å². The summed E-state index contributed by atoms with van der Waals surface area (Å²) >= 11 is 6.07. The lowest BCUT2D eigenvalue weighted by atomic mass is 10.3. The van der Waals surface area contributed by atoms with Crippen molar-refractivity contribution in [2.24, 2.45) is 7.05 Å². The largest absolute Gasteiger partial charge is 0.288 e. The predicted octanol–water partition coefficient (Wildman–Crippen LogP) is 1.34. The fraction of sp³-hybridized carbons (Fsp3) is 0.556. The topological polar surface area (TPSA) is 44.9 Å². The van der Waals surface area contributed by atoms with Gasteiger partial charge in [0.05, 0.1) is 29.0 Å². The fourth-order valence-corrected chi connectivity index (χ4v) is 1.50. The van der Waals surface area contributed by atoms with E-state index in [9.17, 15) is 0 Å². The molecule has 0 fully saturated rings. The molecule has 0 amide bonds. The molecule has 0 atom stereocenters. The SMILES string of the molecule is Cc1nn(C)c(CN(C)CC#N)c1Cl. The molecule has 5 heteroatoms. The van der Waals surface area contributed by atoms with Gasteiger partial charge in [0.15, 0.2) is 0 Å². The van der Waals surface area contributed by atoms with Crippen LogP contribution in [0.1, 0.15) is 11.4 Å². The van der Waals surface area contributed by atoms with Crippen LogP contribution < -0.4 is 0 Å². The van der Waals surface area contributed by atoms with Crippen LogP contribution in [0.2, 0.25) is 5.02 Å². The molecule has 0 N–H and O–H groups in total. The standard InChI is InChI=1S/C9H13ClN4/c1-7-9(10)8(14(3)12-7)6-13(2)5-4-11/h5-6H2,1-3H3. The monoisotopic (exact) mass is 212 g/mol. The van der Waals surface area contributed by atoms with Crippen molar-refractivity contribution in [3.63, 3.8) is 0 Å². The van der Waals surface area contributed by atoms with E-state index in [1.54, 1.807) is 4.68 Å². The van der Waals surface area contributed by atoms with Crippen LogP contribution in [0.15, 0.2) is 0 Å². The molecule has 0 saturated carbocycles. The van der Waals surface area contributed by atoms with E-state index in [1.165, 1.54) is 0 Å². The Labute approximate surface area is 88.7 Å². The Morgan fingerprint density at radius 3 is 2.71 bits per heavy atom. The van der Waals surface area contributed by atoms with Crippen molar-refractivity contribution in [2.45, 2.75) is 13.5 Å². The van der Waals surface area contributed by atoms with Gasteiger partial charge < -0.3 is 0 Å². The highest BCUT2D eigenvalue weighted by Gasteiger charge is 2.12. The Hall–Kier alpha value is -1.05. The molecule has 1 heterocycles. The number of halogens is 1. The second-order valence-corrected chi connectivity index (χ2v) is 3.68. The first-order chi connectivity index (χ1) is 6.56. The van der Waals surface area contributed by atoms with Crippen molar-refractivity contribution in [3.8, 4) is 6.07 Å². The van der Waals surface area contributed by atoms with E-state index < -0.39 is 0 Å². The molecule has 0 spiro atoms. The lowest BCUT2D eigenvalue weighted by molar-refractivity contribution is 0.355. The quantitative estimate of drug-likeness (QED) is 0.711. The second-order valence-electron chi connectivity index (χ2n) is 3.30. The molecule has 0 saturated heterocycles. The molecule has 0 aliphatic heterocycles. The van der Waals surface area contributed by atoms with Gasteiger partial charge in [0, 0.05) is 13.6 Å². The van der Waals surface area contributed by atoms with Gasteiger partial charge in [-0.25, -0.2) is 0 Å². The van der Waals surface area contributed by atoms with E-state index in [1.807, 2.05) is 25.9 Å². The molecule has 4 nitrogen and oxygen atoms in total. The number of nitrogens with zero attached hydrogens (tertiary/aromatic N) is 4. The predicted molar refractivity (Wildman–Crippen MR) is 54.9 cm³/mol. The third kappa shape index (κ3) is 2.25. The maximum Gasteiger partial charge on any atom is 0.0866 e. The van der Waals surface area contributed by atoms with Crippen molar-refractivity contribution in [1.29, 1.82) is 5.26 Å². The zero-order chi connectivity index (χ0) is 10.7. The Bertz CT molecular complexity index is 364. The Kier molecular flexibility index (Phi) is 3.50. The van der Waals surface area contributed by atoms with Crippen molar-refractivity contribution < 1.29 is 0 Å². The molecule has 1 aromatic rings. The van der Waals surface area contributed by atoms with Crippen LogP contribution in [0.5, 0.6) is 0 Å². The van der Waals surface area contributed by atoms with Gasteiger partial charge in [0.2, 0.25) is 0 Å². The van der Waals surface area contributed by atoms with Crippen LogP contribution in [-0.4, -0.2) is 28.3 Å². The molecule has 76 valence electrons. The van der Waals surface area contributed by atoms with E-state index in [2.05, 4.69) is 11.2 Å². The van der Waals surface area contributed by atoms with Crippen LogP contribution in [0.4, 0.5) is 0 Å². The van der Waals surface area contributed by atoms with Gasteiger partial charge in [0.1, 0.15) is 0 Å². The van der Waals surface area contributed by atoms with Crippen LogP contribution in [0.3, 0.4) is 0 Å². The number of aromatic nitrogens is 2. The zero-order valence-corrected chi connectivity index (χ0v) is 9.34. The smallest absolute Gasteiger partial charge is 0.0866 e. The molecule has 0 aromatic carbocycles. The lowest BCUT2D eigenvalue weighted by Crippen LogP contribution is -2.19. The van der Waals surface area contributed by atoms with Crippen molar-refractivity contribution in [3.05, 3.63) is 16.4 Å². The van der Waals surface area contributed by atoms with Crippen LogP contribution >= 0.6 is 11.6 Å². The van der Waals surface area contributed by atoms with Crippen molar-refractivity contribution in [2.75, 3.05) is 13.6 Å². The highest BCUT2D eigenvalue weighted by atomic mass is 35.5. The molecule has 0 aliphatic carbocycles. The summed E-state index contributed by atoms with van der Waals surface area (Å²) in [6.07, 6.45) is 0. The van der Waals surface area contributed by atoms with Crippen LogP contribution in [0, 0.1) is 18.3 Å². The highest BCUT2D eigenvalue weighted by Crippen LogP contribution is 2.20. The second kappa shape index (κ2) is 4.45. The Balaban J connectivity index is 2.81. The summed E-state index contributed by atoms with van der Waals surface area (Å²) in [5.74, 6) is 0. The molecular weight excluding hydrogens is 200 g/mol. The van der Waals surface area contributed by atoms with E-state index >= 15 is 0 Å². The third-order valence-corrected chi connectivity index (χ3v) is 2.51. The van der Waals surface area contributed by atoms with E-state index in [4.69, 9.17) is 16.9 Å². The van der Waals surface area contributed by atoms with E-state index in [0.717, 1.165) is 11.4 Å². The van der Waals surface area contributed by atoms with Crippen molar-refractivity contribution in [1.82, 2.24) is 14.7 Å². The molecule has 1 aromatic heterocycles. The molecule has 0 radical (unpaired) electrons. The minimum Gasteiger partial charge on any atom is -0.288 e. The highest BCUT2D eigenvalue weighted by molar-refractivity contribution is 6.31. The van der Waals surface area contributed by atoms with Crippen LogP contribution in [-0.2, 0) is 13.6 Å². The first-order valence-corrected chi connectivity index (χ1v) is 4.67. The molecular formula is C9H13ClN4. The molecule has 14 heavy (non-hydrogen) atoms. The minimum absolute atomic E-state index is 0.389. The molecule has 0 aliphatic rings. The average Bonchev–Trinajstić information content (AvgIpc) is 2.33. The summed E-state index contributed by atoms with van der Waals surface area (Å²) in [7, 11) is 3.73. The first kappa shape index (κ1) is 11.0. The van der Waals surface area contributed by atoms with E-state index in [-0.39, 0.29) is 0 Å². The molecule has 0 bridgehead atoms. The Morgan fingerprint density at radius 1 is 1.64 bits per heavy atom. The van der Waals surface area contributed by atoms with Gasteiger partial charge in [-0.05, 0) is 14.0 Å². The van der Waals surface area contributed by atoms with Gasteiger partial charge in [0.25, 0.3) is 0 Å². The summed E-state index contributed by atoms with van der Waals surface area (Å²) in [6.45, 7) is 2.90. The normalized spacial score (nSPS) is 10.6. The number of hydrogen-bond acceptors (Lipinski definition) is 3. The summed E-state index contributed by atoms with van der Waals surface area (Å²) < 4.78 is 1.76. The zero-order valence-electron chi connectivity index (χ0n) is 8.58. The summed E-state index contributed by atoms with van der Waals surface area (Å²) in [6, 6.07) is 2.09. The first-order valence-electron chi connectivity index (χ1n) is 4.29.